The number of carbonyl (C=O) groups excluding carboxylic acids is 1. The Morgan fingerprint density at radius 3 is 2.11 bits per heavy atom. The number of alkyl halides is 3. The van der Waals surface area contributed by atoms with Gasteiger partial charge in [0.25, 0.3) is 5.91 Å². The Balaban J connectivity index is 2.63. The third-order valence-corrected chi connectivity index (χ3v) is 2.65. The van der Waals surface area contributed by atoms with E-state index < -0.39 is 17.7 Å². The Morgan fingerprint density at radius 2 is 1.68 bits per heavy atom. The van der Waals surface area contributed by atoms with Crippen LogP contribution in [0, 0.1) is 0 Å². The van der Waals surface area contributed by atoms with Crippen LogP contribution >= 0.6 is 0 Å². The lowest BCUT2D eigenvalue weighted by atomic mass is 10.1. The van der Waals surface area contributed by atoms with Crippen molar-refractivity contribution in [3.05, 3.63) is 35.4 Å². The third kappa shape index (κ3) is 3.68. The Morgan fingerprint density at radius 1 is 1.21 bits per heavy atom. The van der Waals surface area contributed by atoms with Crippen LogP contribution in [-0.4, -0.2) is 27.9 Å². The third-order valence-electron chi connectivity index (χ3n) is 2.65. The van der Waals surface area contributed by atoms with Crippen LogP contribution in [0.4, 0.5) is 13.2 Å². The molecule has 3 N–H and O–H groups in total. The molecule has 0 aromatic heterocycles. The smallest absolute Gasteiger partial charge is 0.392 e. The van der Waals surface area contributed by atoms with Crippen LogP contribution in [0.25, 0.3) is 0 Å². The van der Waals surface area contributed by atoms with Gasteiger partial charge >= 0.3 is 6.18 Å². The minimum absolute atomic E-state index is 0.142. The number of aliphatic hydroxyl groups excluding tert-OH is 1. The van der Waals surface area contributed by atoms with E-state index in [1.807, 2.05) is 5.32 Å². The second-order valence-corrected chi connectivity index (χ2v) is 4.23. The van der Waals surface area contributed by atoms with Gasteiger partial charge in [-0.25, -0.2) is 0 Å². The van der Waals surface area contributed by atoms with Crippen molar-refractivity contribution in [1.29, 1.82) is 0 Å². The van der Waals surface area contributed by atoms with Crippen molar-refractivity contribution in [3.8, 4) is 0 Å². The molecule has 7 heteroatoms. The molecule has 0 aliphatic heterocycles. The summed E-state index contributed by atoms with van der Waals surface area (Å²) in [7, 11) is 0. The first kappa shape index (κ1) is 15.5. The molecule has 0 saturated heterocycles. The monoisotopic (exact) mass is 277 g/mol. The first-order chi connectivity index (χ1) is 8.68. The zero-order valence-electron chi connectivity index (χ0n) is 10.2. The van der Waals surface area contributed by atoms with Gasteiger partial charge in [0.05, 0.1) is 6.61 Å². The molecule has 1 atom stereocenters. The molecule has 0 saturated carbocycles. The molecule has 0 aliphatic carbocycles. The predicted octanol–water partition coefficient (Wildman–Crippen LogP) is 1.11. The fraction of sp³-hybridized carbons (Fsp3) is 0.417. The molecule has 0 aliphatic rings. The molecule has 0 spiro atoms. The molecule has 4 nitrogen and oxygen atoms in total. The van der Waals surface area contributed by atoms with Crippen molar-refractivity contribution in [3.63, 3.8) is 0 Å². The van der Waals surface area contributed by atoms with E-state index in [2.05, 4.69) is 0 Å². The van der Waals surface area contributed by atoms with Gasteiger partial charge in [-0.15, -0.1) is 0 Å². The molecule has 0 heterocycles. The van der Waals surface area contributed by atoms with Gasteiger partial charge in [0.2, 0.25) is 5.60 Å². The van der Waals surface area contributed by atoms with Crippen molar-refractivity contribution in [2.75, 3.05) is 0 Å². The molecule has 1 aromatic carbocycles. The summed E-state index contributed by atoms with van der Waals surface area (Å²) in [4.78, 5) is 11.3. The fourth-order valence-corrected chi connectivity index (χ4v) is 1.25. The summed E-state index contributed by atoms with van der Waals surface area (Å²) in [6.45, 7) is 0.114. The summed E-state index contributed by atoms with van der Waals surface area (Å²) in [5, 5.41) is 19.9. The van der Waals surface area contributed by atoms with E-state index in [1.54, 1.807) is 24.3 Å². The van der Waals surface area contributed by atoms with E-state index in [4.69, 9.17) is 10.2 Å². The van der Waals surface area contributed by atoms with Crippen LogP contribution in [0.3, 0.4) is 0 Å². The highest BCUT2D eigenvalue weighted by molar-refractivity contribution is 5.85. The maximum absolute atomic E-state index is 12.4. The van der Waals surface area contributed by atoms with Crippen LogP contribution in [0.2, 0.25) is 0 Å². The van der Waals surface area contributed by atoms with Gasteiger partial charge in [0, 0.05) is 6.54 Å². The number of amides is 1. The van der Waals surface area contributed by atoms with E-state index in [0.717, 1.165) is 0 Å². The van der Waals surface area contributed by atoms with Crippen molar-refractivity contribution in [2.24, 2.45) is 0 Å². The SMILES string of the molecule is C[C@@](O)(C(=O)NCc1ccc(CO)cc1)C(F)(F)F. The van der Waals surface area contributed by atoms with Crippen molar-refractivity contribution >= 4 is 5.91 Å². The van der Waals surface area contributed by atoms with E-state index in [0.29, 0.717) is 18.1 Å². The molecule has 0 fully saturated rings. The average Bonchev–Trinajstić information content (AvgIpc) is 2.35. The highest BCUT2D eigenvalue weighted by Gasteiger charge is 2.55. The molecular weight excluding hydrogens is 263 g/mol. The molecular formula is C12H14F3NO3. The number of rotatable bonds is 4. The first-order valence-corrected chi connectivity index (χ1v) is 5.44. The standard InChI is InChI=1S/C12H14F3NO3/c1-11(19,12(13,14)15)10(18)16-6-8-2-4-9(7-17)5-3-8/h2-5,17,19H,6-7H2,1H3,(H,16,18)/t11-/m1/s1. The van der Waals surface area contributed by atoms with Crippen LogP contribution in [0.15, 0.2) is 24.3 Å². The summed E-state index contributed by atoms with van der Waals surface area (Å²) < 4.78 is 37.1. The molecule has 0 bridgehead atoms. The zero-order chi connectivity index (χ0) is 14.7. The minimum atomic E-state index is -5.03. The van der Waals surface area contributed by atoms with Gasteiger partial charge < -0.3 is 15.5 Å². The highest BCUT2D eigenvalue weighted by Crippen LogP contribution is 2.30. The molecule has 1 amide bonds. The Bertz CT molecular complexity index is 441. The van der Waals surface area contributed by atoms with E-state index in [1.165, 1.54) is 0 Å². The largest absolute Gasteiger partial charge is 0.426 e. The average molecular weight is 277 g/mol. The second kappa shape index (κ2) is 5.58. The number of carbonyl (C=O) groups is 1. The lowest BCUT2D eigenvalue weighted by Crippen LogP contribution is -2.54. The van der Waals surface area contributed by atoms with Gasteiger partial charge in [0.1, 0.15) is 0 Å². The molecule has 106 valence electrons. The fourth-order valence-electron chi connectivity index (χ4n) is 1.25. The first-order valence-electron chi connectivity index (χ1n) is 5.44. The molecule has 1 rings (SSSR count). The lowest BCUT2D eigenvalue weighted by molar-refractivity contribution is -0.245. The molecule has 1 aromatic rings. The van der Waals surface area contributed by atoms with E-state index in [9.17, 15) is 18.0 Å². The Labute approximate surface area is 107 Å². The van der Waals surface area contributed by atoms with Crippen LogP contribution in [0.1, 0.15) is 18.1 Å². The van der Waals surface area contributed by atoms with Gasteiger partial charge in [-0.1, -0.05) is 24.3 Å². The van der Waals surface area contributed by atoms with Crippen molar-refractivity contribution < 1.29 is 28.2 Å². The van der Waals surface area contributed by atoms with E-state index >= 15 is 0 Å². The molecule has 19 heavy (non-hydrogen) atoms. The van der Waals surface area contributed by atoms with Gasteiger partial charge in [-0.05, 0) is 18.1 Å². The van der Waals surface area contributed by atoms with Crippen LogP contribution < -0.4 is 5.32 Å². The summed E-state index contributed by atoms with van der Waals surface area (Å²) in [6.07, 6.45) is -5.03. The zero-order valence-corrected chi connectivity index (χ0v) is 10.2. The van der Waals surface area contributed by atoms with Gasteiger partial charge in [-0.2, -0.15) is 13.2 Å². The lowest BCUT2D eigenvalue weighted by Gasteiger charge is -2.24. The Hall–Kier alpha value is -1.60. The molecule has 0 unspecified atom stereocenters. The number of benzene rings is 1. The summed E-state index contributed by atoms with van der Waals surface area (Å²) in [5.74, 6) is -1.51. The van der Waals surface area contributed by atoms with Crippen molar-refractivity contribution in [2.45, 2.75) is 31.9 Å². The van der Waals surface area contributed by atoms with Crippen LogP contribution in [-0.2, 0) is 17.9 Å². The quantitative estimate of drug-likeness (QED) is 0.772. The predicted molar refractivity (Wildman–Crippen MR) is 60.9 cm³/mol. The number of nitrogens with one attached hydrogen (secondary N) is 1. The normalized spacial score (nSPS) is 14.8. The maximum atomic E-state index is 12.4. The second-order valence-electron chi connectivity index (χ2n) is 4.23. The number of halogens is 3. The summed E-state index contributed by atoms with van der Waals surface area (Å²) in [6, 6.07) is 6.30. The number of hydrogen-bond acceptors (Lipinski definition) is 3. The highest BCUT2D eigenvalue weighted by atomic mass is 19.4. The minimum Gasteiger partial charge on any atom is -0.392 e. The summed E-state index contributed by atoms with van der Waals surface area (Å²) >= 11 is 0. The maximum Gasteiger partial charge on any atom is 0.426 e. The van der Waals surface area contributed by atoms with Gasteiger partial charge in [-0.3, -0.25) is 4.79 Å². The van der Waals surface area contributed by atoms with Crippen molar-refractivity contribution in [1.82, 2.24) is 5.32 Å². The van der Waals surface area contributed by atoms with E-state index in [-0.39, 0.29) is 13.2 Å². The number of aliphatic hydroxyl groups is 2. The Kier molecular flexibility index (Phi) is 4.54. The summed E-state index contributed by atoms with van der Waals surface area (Å²) in [5.41, 5.74) is -2.21. The van der Waals surface area contributed by atoms with Crippen LogP contribution in [0.5, 0.6) is 0 Å². The van der Waals surface area contributed by atoms with Gasteiger partial charge in [0.15, 0.2) is 0 Å². The topological polar surface area (TPSA) is 69.6 Å². The number of hydrogen-bond donors (Lipinski definition) is 3. The molecule has 0 radical (unpaired) electrons.